The van der Waals surface area contributed by atoms with Crippen molar-refractivity contribution in [3.8, 4) is 5.75 Å². The first-order chi connectivity index (χ1) is 8.09. The number of halogens is 1. The maximum absolute atomic E-state index is 13.4. The largest absolute Gasteiger partial charge is 0.507 e. The van der Waals surface area contributed by atoms with Gasteiger partial charge in [-0.25, -0.2) is 4.39 Å². The van der Waals surface area contributed by atoms with E-state index in [1.807, 2.05) is 6.92 Å². The van der Waals surface area contributed by atoms with Crippen molar-refractivity contribution in [2.24, 2.45) is 0 Å². The van der Waals surface area contributed by atoms with E-state index in [1.54, 1.807) is 6.92 Å². The summed E-state index contributed by atoms with van der Waals surface area (Å²) >= 11 is 0. The normalized spacial score (nSPS) is 19.2. The van der Waals surface area contributed by atoms with Gasteiger partial charge in [0.05, 0.1) is 0 Å². The van der Waals surface area contributed by atoms with Crippen molar-refractivity contribution < 1.29 is 9.50 Å². The highest BCUT2D eigenvalue weighted by atomic mass is 19.1. The fraction of sp³-hybridized carbons (Fsp3) is 0.538. The van der Waals surface area contributed by atoms with E-state index in [-0.39, 0.29) is 17.6 Å². The molecule has 1 aromatic rings. The number of aryl methyl sites for hydroxylation is 1. The van der Waals surface area contributed by atoms with E-state index in [4.69, 9.17) is 0 Å². The minimum atomic E-state index is -0.280. The van der Waals surface area contributed by atoms with Gasteiger partial charge in [0.1, 0.15) is 11.6 Å². The summed E-state index contributed by atoms with van der Waals surface area (Å²) in [5, 5.41) is 13.3. The predicted molar refractivity (Wildman–Crippen MR) is 65.7 cm³/mol. The summed E-state index contributed by atoms with van der Waals surface area (Å²) in [4.78, 5) is 2.25. The average molecular weight is 238 g/mol. The lowest BCUT2D eigenvalue weighted by Gasteiger charge is -2.33. The van der Waals surface area contributed by atoms with Crippen LogP contribution in [0.2, 0.25) is 0 Å². The van der Waals surface area contributed by atoms with Crippen LogP contribution < -0.4 is 5.32 Å². The summed E-state index contributed by atoms with van der Waals surface area (Å²) in [7, 11) is 0. The van der Waals surface area contributed by atoms with E-state index in [2.05, 4.69) is 10.2 Å². The van der Waals surface area contributed by atoms with Gasteiger partial charge in [0, 0.05) is 37.8 Å². The maximum Gasteiger partial charge on any atom is 0.124 e. The molecule has 0 aliphatic carbocycles. The second kappa shape index (κ2) is 5.02. The number of phenols is 1. The predicted octanol–water partition coefficient (Wildman–Crippen LogP) is 1.81. The number of rotatable bonds is 2. The molecule has 3 nitrogen and oxygen atoms in total. The first-order valence-electron chi connectivity index (χ1n) is 6.03. The first kappa shape index (κ1) is 12.3. The van der Waals surface area contributed by atoms with Crippen molar-refractivity contribution in [2.45, 2.75) is 19.9 Å². The van der Waals surface area contributed by atoms with E-state index in [1.165, 1.54) is 12.1 Å². The molecule has 1 heterocycles. The van der Waals surface area contributed by atoms with Crippen molar-refractivity contribution in [3.63, 3.8) is 0 Å². The minimum Gasteiger partial charge on any atom is -0.507 e. The topological polar surface area (TPSA) is 35.5 Å². The van der Waals surface area contributed by atoms with Gasteiger partial charge >= 0.3 is 0 Å². The standard InChI is InChI=1S/C13H19FN2O/c1-9-7-11(14)8-12(13(9)17)10(2)16-5-3-15-4-6-16/h7-8,10,15,17H,3-6H2,1-2H3. The molecule has 1 aliphatic heterocycles. The van der Waals surface area contributed by atoms with Crippen LogP contribution in [0.25, 0.3) is 0 Å². The highest BCUT2D eigenvalue weighted by Gasteiger charge is 2.21. The Labute approximate surface area is 101 Å². The molecule has 1 atom stereocenters. The molecule has 94 valence electrons. The van der Waals surface area contributed by atoms with Crippen LogP contribution in [0.4, 0.5) is 4.39 Å². The molecule has 1 unspecified atom stereocenters. The van der Waals surface area contributed by atoms with Gasteiger partial charge in [-0.05, 0) is 31.5 Å². The number of hydrogen-bond acceptors (Lipinski definition) is 3. The maximum atomic E-state index is 13.4. The summed E-state index contributed by atoms with van der Waals surface area (Å²) in [6.45, 7) is 7.48. The van der Waals surface area contributed by atoms with Gasteiger partial charge in [-0.2, -0.15) is 0 Å². The lowest BCUT2D eigenvalue weighted by atomic mass is 10.0. The van der Waals surface area contributed by atoms with E-state index < -0.39 is 0 Å². The Hall–Kier alpha value is -1.13. The number of nitrogens with one attached hydrogen (secondary N) is 1. The molecule has 0 bridgehead atoms. The molecule has 1 saturated heterocycles. The Morgan fingerprint density at radius 3 is 2.65 bits per heavy atom. The molecule has 1 aliphatic rings. The zero-order chi connectivity index (χ0) is 12.4. The van der Waals surface area contributed by atoms with Gasteiger partial charge in [0.25, 0.3) is 0 Å². The Morgan fingerprint density at radius 1 is 1.35 bits per heavy atom. The highest BCUT2D eigenvalue weighted by Crippen LogP contribution is 2.31. The van der Waals surface area contributed by atoms with Crippen LogP contribution in [0.1, 0.15) is 24.1 Å². The summed E-state index contributed by atoms with van der Waals surface area (Å²) in [6.07, 6.45) is 0. The number of aromatic hydroxyl groups is 1. The highest BCUT2D eigenvalue weighted by molar-refractivity contribution is 5.41. The van der Waals surface area contributed by atoms with Gasteiger partial charge in [-0.1, -0.05) is 0 Å². The van der Waals surface area contributed by atoms with Gasteiger partial charge in [-0.15, -0.1) is 0 Å². The summed E-state index contributed by atoms with van der Waals surface area (Å²) in [6, 6.07) is 2.85. The first-order valence-corrected chi connectivity index (χ1v) is 6.03. The van der Waals surface area contributed by atoms with Gasteiger partial charge < -0.3 is 10.4 Å². The van der Waals surface area contributed by atoms with Crippen LogP contribution in [0, 0.1) is 12.7 Å². The zero-order valence-electron chi connectivity index (χ0n) is 10.3. The zero-order valence-corrected chi connectivity index (χ0v) is 10.3. The average Bonchev–Trinajstić information content (AvgIpc) is 2.34. The van der Waals surface area contributed by atoms with Gasteiger partial charge in [0.15, 0.2) is 0 Å². The number of nitrogens with zero attached hydrogens (tertiary/aromatic N) is 1. The second-order valence-corrected chi connectivity index (χ2v) is 4.62. The molecule has 0 saturated carbocycles. The lowest BCUT2D eigenvalue weighted by molar-refractivity contribution is 0.182. The molecule has 2 rings (SSSR count). The molecule has 17 heavy (non-hydrogen) atoms. The Morgan fingerprint density at radius 2 is 2.00 bits per heavy atom. The van der Waals surface area contributed by atoms with E-state index in [0.29, 0.717) is 11.1 Å². The monoisotopic (exact) mass is 238 g/mol. The third-order valence-electron chi connectivity index (χ3n) is 3.44. The SMILES string of the molecule is Cc1cc(F)cc(C(C)N2CCNCC2)c1O. The van der Waals surface area contributed by atoms with E-state index >= 15 is 0 Å². The Kier molecular flexibility index (Phi) is 3.64. The number of hydrogen-bond donors (Lipinski definition) is 2. The van der Waals surface area contributed by atoms with E-state index in [0.717, 1.165) is 26.2 Å². The number of phenolic OH excluding ortho intramolecular Hbond substituents is 1. The Balaban J connectivity index is 2.26. The minimum absolute atomic E-state index is 0.0477. The number of benzene rings is 1. The fourth-order valence-electron chi connectivity index (χ4n) is 2.35. The third-order valence-corrected chi connectivity index (χ3v) is 3.44. The van der Waals surface area contributed by atoms with Crippen LogP contribution in [0.5, 0.6) is 5.75 Å². The smallest absolute Gasteiger partial charge is 0.124 e. The van der Waals surface area contributed by atoms with Gasteiger partial charge in [0.2, 0.25) is 0 Å². The van der Waals surface area contributed by atoms with Crippen molar-refractivity contribution in [3.05, 3.63) is 29.1 Å². The third kappa shape index (κ3) is 2.58. The number of piperazine rings is 1. The summed E-state index contributed by atoms with van der Waals surface area (Å²) in [5.74, 6) is -0.0604. The van der Waals surface area contributed by atoms with E-state index in [9.17, 15) is 9.50 Å². The molecule has 1 aromatic carbocycles. The molecule has 0 aromatic heterocycles. The van der Waals surface area contributed by atoms with Crippen molar-refractivity contribution in [2.75, 3.05) is 26.2 Å². The Bertz CT molecular complexity index is 403. The van der Waals surface area contributed by atoms with Gasteiger partial charge in [-0.3, -0.25) is 4.90 Å². The van der Waals surface area contributed by atoms with Crippen LogP contribution in [-0.2, 0) is 0 Å². The van der Waals surface area contributed by atoms with Crippen LogP contribution in [0.3, 0.4) is 0 Å². The molecule has 4 heteroatoms. The molecule has 2 N–H and O–H groups in total. The summed E-state index contributed by atoms with van der Waals surface area (Å²) in [5.41, 5.74) is 1.28. The lowest BCUT2D eigenvalue weighted by Crippen LogP contribution is -2.44. The molecule has 1 fully saturated rings. The van der Waals surface area contributed by atoms with Crippen molar-refractivity contribution in [1.82, 2.24) is 10.2 Å². The van der Waals surface area contributed by atoms with Crippen molar-refractivity contribution >= 4 is 0 Å². The second-order valence-electron chi connectivity index (χ2n) is 4.62. The van der Waals surface area contributed by atoms with Crippen molar-refractivity contribution in [1.29, 1.82) is 0 Å². The fourth-order valence-corrected chi connectivity index (χ4v) is 2.35. The van der Waals surface area contributed by atoms with Crippen LogP contribution >= 0.6 is 0 Å². The molecule has 0 spiro atoms. The van der Waals surface area contributed by atoms with Crippen LogP contribution in [-0.4, -0.2) is 36.2 Å². The molecular weight excluding hydrogens is 219 g/mol. The van der Waals surface area contributed by atoms with Crippen LogP contribution in [0.15, 0.2) is 12.1 Å². The molecule has 0 radical (unpaired) electrons. The molecule has 0 amide bonds. The summed E-state index contributed by atoms with van der Waals surface area (Å²) < 4.78 is 13.4. The quantitative estimate of drug-likeness (QED) is 0.824. The molecular formula is C13H19FN2O.